The first-order valence-electron chi connectivity index (χ1n) is 6.84. The van der Waals surface area contributed by atoms with E-state index in [0.29, 0.717) is 5.56 Å². The van der Waals surface area contributed by atoms with E-state index in [1.807, 2.05) is 12.1 Å². The van der Waals surface area contributed by atoms with Crippen molar-refractivity contribution in [1.29, 1.82) is 0 Å². The number of hydrogen-bond acceptors (Lipinski definition) is 3. The fourth-order valence-corrected chi connectivity index (χ4v) is 2.53. The SMILES string of the molecule is CNC(=O)c1ccc(C2CCC2C(=O)NCC(=O)O)cc1. The number of hydrogen-bond donors (Lipinski definition) is 3. The number of amides is 2. The highest BCUT2D eigenvalue weighted by Crippen LogP contribution is 2.42. The maximum Gasteiger partial charge on any atom is 0.322 e. The fourth-order valence-electron chi connectivity index (χ4n) is 2.53. The molecule has 1 aliphatic carbocycles. The smallest absolute Gasteiger partial charge is 0.322 e. The molecule has 0 spiro atoms. The van der Waals surface area contributed by atoms with Gasteiger partial charge in [-0.05, 0) is 36.5 Å². The van der Waals surface area contributed by atoms with Crippen LogP contribution in [0.5, 0.6) is 0 Å². The number of aliphatic carboxylic acids is 1. The summed E-state index contributed by atoms with van der Waals surface area (Å²) in [6.07, 6.45) is 1.65. The van der Waals surface area contributed by atoms with Crippen molar-refractivity contribution in [3.63, 3.8) is 0 Å². The molecule has 0 aliphatic heterocycles. The Labute approximate surface area is 122 Å². The van der Waals surface area contributed by atoms with Gasteiger partial charge in [0.15, 0.2) is 0 Å². The maximum absolute atomic E-state index is 11.9. The third kappa shape index (κ3) is 3.39. The van der Waals surface area contributed by atoms with Gasteiger partial charge >= 0.3 is 5.97 Å². The van der Waals surface area contributed by atoms with Crippen LogP contribution in [0.3, 0.4) is 0 Å². The van der Waals surface area contributed by atoms with Crippen LogP contribution in [-0.4, -0.2) is 36.5 Å². The standard InChI is InChI=1S/C15H18N2O4/c1-16-14(20)10-4-2-9(3-5-10)11-6-7-12(11)15(21)17-8-13(18)19/h2-5,11-12H,6-8H2,1H3,(H,16,20)(H,17,21)(H,18,19). The Bertz CT molecular complexity index is 553. The van der Waals surface area contributed by atoms with Gasteiger partial charge in [0.25, 0.3) is 5.91 Å². The number of carbonyl (C=O) groups excluding carboxylic acids is 2. The van der Waals surface area contributed by atoms with E-state index in [9.17, 15) is 14.4 Å². The Kier molecular flexibility index (Phi) is 4.57. The van der Waals surface area contributed by atoms with E-state index in [4.69, 9.17) is 5.11 Å². The number of carboxylic acid groups (broad SMARTS) is 1. The molecule has 1 fully saturated rings. The Morgan fingerprint density at radius 2 is 1.86 bits per heavy atom. The minimum Gasteiger partial charge on any atom is -0.480 e. The summed E-state index contributed by atoms with van der Waals surface area (Å²) >= 11 is 0. The molecule has 0 heterocycles. The van der Waals surface area contributed by atoms with Gasteiger partial charge in [-0.25, -0.2) is 0 Å². The van der Waals surface area contributed by atoms with Gasteiger partial charge in [0.2, 0.25) is 5.91 Å². The summed E-state index contributed by atoms with van der Waals surface area (Å²) in [4.78, 5) is 33.8. The van der Waals surface area contributed by atoms with E-state index in [1.165, 1.54) is 0 Å². The predicted octanol–water partition coefficient (Wildman–Crippen LogP) is 0.741. The summed E-state index contributed by atoms with van der Waals surface area (Å²) in [6.45, 7) is -0.350. The lowest BCUT2D eigenvalue weighted by Crippen LogP contribution is -2.41. The highest BCUT2D eigenvalue weighted by atomic mass is 16.4. The predicted molar refractivity (Wildman–Crippen MR) is 75.9 cm³/mol. The highest BCUT2D eigenvalue weighted by molar-refractivity contribution is 5.94. The molecule has 0 bridgehead atoms. The molecule has 1 aromatic carbocycles. The largest absolute Gasteiger partial charge is 0.480 e. The topological polar surface area (TPSA) is 95.5 Å². The molecule has 21 heavy (non-hydrogen) atoms. The second-order valence-electron chi connectivity index (χ2n) is 5.10. The number of carboxylic acids is 1. The summed E-state index contributed by atoms with van der Waals surface area (Å²) in [6, 6.07) is 7.18. The van der Waals surface area contributed by atoms with Crippen molar-refractivity contribution in [2.75, 3.05) is 13.6 Å². The van der Waals surface area contributed by atoms with Crippen LogP contribution >= 0.6 is 0 Å². The number of benzene rings is 1. The van der Waals surface area contributed by atoms with Crippen molar-refractivity contribution < 1.29 is 19.5 Å². The van der Waals surface area contributed by atoms with E-state index in [2.05, 4.69) is 10.6 Å². The lowest BCUT2D eigenvalue weighted by Gasteiger charge is -2.35. The van der Waals surface area contributed by atoms with Crippen LogP contribution in [0.15, 0.2) is 24.3 Å². The van der Waals surface area contributed by atoms with Crippen molar-refractivity contribution >= 4 is 17.8 Å². The fraction of sp³-hybridized carbons (Fsp3) is 0.400. The summed E-state index contributed by atoms with van der Waals surface area (Å²) < 4.78 is 0. The normalized spacial score (nSPS) is 20.2. The monoisotopic (exact) mass is 290 g/mol. The van der Waals surface area contributed by atoms with Gasteiger partial charge < -0.3 is 15.7 Å². The molecule has 1 aliphatic rings. The van der Waals surface area contributed by atoms with E-state index in [1.54, 1.807) is 19.2 Å². The molecule has 112 valence electrons. The van der Waals surface area contributed by atoms with Crippen LogP contribution < -0.4 is 10.6 Å². The van der Waals surface area contributed by atoms with Crippen LogP contribution in [-0.2, 0) is 9.59 Å². The van der Waals surface area contributed by atoms with Crippen molar-refractivity contribution in [2.45, 2.75) is 18.8 Å². The molecule has 2 unspecified atom stereocenters. The second kappa shape index (κ2) is 6.39. The molecule has 2 amide bonds. The van der Waals surface area contributed by atoms with Crippen molar-refractivity contribution in [2.24, 2.45) is 5.92 Å². The molecule has 2 atom stereocenters. The average molecular weight is 290 g/mol. The van der Waals surface area contributed by atoms with Crippen LogP contribution in [0.1, 0.15) is 34.7 Å². The zero-order chi connectivity index (χ0) is 15.4. The minimum absolute atomic E-state index is 0.0949. The first-order valence-corrected chi connectivity index (χ1v) is 6.84. The molecule has 6 heteroatoms. The molecule has 6 nitrogen and oxygen atoms in total. The summed E-state index contributed by atoms with van der Waals surface area (Å²) in [7, 11) is 1.57. The third-order valence-electron chi connectivity index (χ3n) is 3.85. The number of nitrogens with one attached hydrogen (secondary N) is 2. The van der Waals surface area contributed by atoms with Crippen LogP contribution in [0.25, 0.3) is 0 Å². The molecule has 0 saturated heterocycles. The van der Waals surface area contributed by atoms with E-state index in [-0.39, 0.29) is 30.2 Å². The van der Waals surface area contributed by atoms with Gasteiger partial charge in [0, 0.05) is 18.5 Å². The van der Waals surface area contributed by atoms with E-state index < -0.39 is 5.97 Å². The highest BCUT2D eigenvalue weighted by Gasteiger charge is 2.37. The van der Waals surface area contributed by atoms with Gasteiger partial charge in [-0.2, -0.15) is 0 Å². The van der Waals surface area contributed by atoms with Crippen molar-refractivity contribution in [3.8, 4) is 0 Å². The van der Waals surface area contributed by atoms with E-state index in [0.717, 1.165) is 18.4 Å². The van der Waals surface area contributed by atoms with Crippen LogP contribution in [0, 0.1) is 5.92 Å². The average Bonchev–Trinajstić information content (AvgIpc) is 2.44. The Hall–Kier alpha value is -2.37. The first-order chi connectivity index (χ1) is 10.0. The van der Waals surface area contributed by atoms with Gasteiger partial charge in [-0.1, -0.05) is 12.1 Å². The number of rotatable bonds is 5. The molecular formula is C15H18N2O4. The molecule has 1 saturated carbocycles. The molecule has 0 aromatic heterocycles. The number of carbonyl (C=O) groups is 3. The van der Waals surface area contributed by atoms with Gasteiger partial charge in [0.1, 0.15) is 6.54 Å². The maximum atomic E-state index is 11.9. The lowest BCUT2D eigenvalue weighted by atomic mass is 9.69. The van der Waals surface area contributed by atoms with Crippen molar-refractivity contribution in [1.82, 2.24) is 10.6 Å². The zero-order valence-electron chi connectivity index (χ0n) is 11.8. The third-order valence-corrected chi connectivity index (χ3v) is 3.85. The molecule has 0 radical (unpaired) electrons. The van der Waals surface area contributed by atoms with Gasteiger partial charge in [-0.15, -0.1) is 0 Å². The van der Waals surface area contributed by atoms with Crippen molar-refractivity contribution in [3.05, 3.63) is 35.4 Å². The Balaban J connectivity index is 2.00. The van der Waals surface area contributed by atoms with Gasteiger partial charge in [-0.3, -0.25) is 14.4 Å². The Morgan fingerprint density at radius 3 is 2.33 bits per heavy atom. The zero-order valence-corrected chi connectivity index (χ0v) is 11.8. The lowest BCUT2D eigenvalue weighted by molar-refractivity contribution is -0.139. The second-order valence-corrected chi connectivity index (χ2v) is 5.10. The Morgan fingerprint density at radius 1 is 1.19 bits per heavy atom. The minimum atomic E-state index is -1.05. The molecule has 3 N–H and O–H groups in total. The van der Waals surface area contributed by atoms with Gasteiger partial charge in [0.05, 0.1) is 0 Å². The van der Waals surface area contributed by atoms with Crippen LogP contribution in [0.4, 0.5) is 0 Å². The van der Waals surface area contributed by atoms with Crippen LogP contribution in [0.2, 0.25) is 0 Å². The van der Waals surface area contributed by atoms with E-state index >= 15 is 0 Å². The first kappa shape index (κ1) is 15.0. The summed E-state index contributed by atoms with van der Waals surface area (Å²) in [5, 5.41) is 13.5. The summed E-state index contributed by atoms with van der Waals surface area (Å²) in [5.41, 5.74) is 1.58. The summed E-state index contributed by atoms with van der Waals surface area (Å²) in [5.74, 6) is -1.50. The molecule has 1 aromatic rings. The molecule has 2 rings (SSSR count). The molecular weight excluding hydrogens is 272 g/mol. The quantitative estimate of drug-likeness (QED) is 0.745.